The van der Waals surface area contributed by atoms with Crippen LogP contribution in [0.4, 0.5) is 15.8 Å². The van der Waals surface area contributed by atoms with Gasteiger partial charge in [-0.2, -0.15) is 5.26 Å². The molecule has 2 saturated carbocycles. The summed E-state index contributed by atoms with van der Waals surface area (Å²) in [5.74, 6) is -0.199. The van der Waals surface area contributed by atoms with Crippen LogP contribution in [-0.4, -0.2) is 124 Å². The number of aliphatic hydroxyl groups is 2. The number of carbonyl (C=O) groups excluding carboxylic acids is 3. The number of aromatic nitrogens is 2. The van der Waals surface area contributed by atoms with Crippen LogP contribution in [0.15, 0.2) is 42.7 Å². The molecule has 6 aliphatic rings. The standard InChI is InChI=1S/C42H47ClFN9O6/c43-33-15-30(4-1-23(33)18-45)59-29-5-2-26(3-6-29)48-40(56)38-46-19-28(20-47-38)52-21-24-13-27(14-25(24)22-52)50-9-11-51(12-10-50)36-17-32-31(16-34(36)44)41(57)53(42(32)58)35-7-8-37(54)49-39(35)55/h1,4,15-17,19-20,24-27,29,35,37,39,49,54-55H,2-3,5-14,21-22H2,(H,48,56)/t24-,25+,26-,27-,29-,35?,37?,39?. The molecule has 5 heterocycles. The zero-order valence-electron chi connectivity index (χ0n) is 32.5. The summed E-state index contributed by atoms with van der Waals surface area (Å²) in [5, 5.41) is 35.4. The highest BCUT2D eigenvalue weighted by Crippen LogP contribution is 2.42. The number of piperazine rings is 1. The Morgan fingerprint density at radius 1 is 0.915 bits per heavy atom. The fraction of sp³-hybridized carbons (Fsp3) is 0.524. The molecule has 59 heavy (non-hydrogen) atoms. The number of carbonyl (C=O) groups is 3. The van der Waals surface area contributed by atoms with E-state index < -0.39 is 36.1 Å². The molecule has 5 fully saturated rings. The molecule has 1 aromatic heterocycles. The summed E-state index contributed by atoms with van der Waals surface area (Å²) < 4.78 is 21.6. The second kappa shape index (κ2) is 16.3. The summed E-state index contributed by atoms with van der Waals surface area (Å²) in [6, 6.07) is 9.33. The molecule has 4 aliphatic heterocycles. The second-order valence-electron chi connectivity index (χ2n) is 16.8. The minimum atomic E-state index is -1.27. The lowest BCUT2D eigenvalue weighted by molar-refractivity contribution is -0.0413. The average molecular weight is 828 g/mol. The summed E-state index contributed by atoms with van der Waals surface area (Å²) in [7, 11) is 0. The normalized spacial score (nSPS) is 29.6. The van der Waals surface area contributed by atoms with Crippen molar-refractivity contribution in [2.45, 2.75) is 88.1 Å². The van der Waals surface area contributed by atoms with Gasteiger partial charge in [0, 0.05) is 57.4 Å². The van der Waals surface area contributed by atoms with Crippen molar-refractivity contribution < 1.29 is 33.7 Å². The van der Waals surface area contributed by atoms with Crippen LogP contribution >= 0.6 is 11.6 Å². The van der Waals surface area contributed by atoms with Crippen molar-refractivity contribution >= 4 is 40.7 Å². The molecule has 6 atom stereocenters. The molecular formula is C42H47ClFN9O6. The smallest absolute Gasteiger partial charge is 0.289 e. The van der Waals surface area contributed by atoms with Gasteiger partial charge in [0.25, 0.3) is 17.7 Å². The van der Waals surface area contributed by atoms with Crippen LogP contribution in [0.3, 0.4) is 0 Å². The number of aliphatic hydroxyl groups excluding tert-OH is 2. The van der Waals surface area contributed by atoms with Gasteiger partial charge in [-0.1, -0.05) is 11.6 Å². The Morgan fingerprint density at radius 2 is 1.59 bits per heavy atom. The van der Waals surface area contributed by atoms with Crippen molar-refractivity contribution in [3.63, 3.8) is 0 Å². The molecular weight excluding hydrogens is 781 g/mol. The maximum atomic E-state index is 15.5. The summed E-state index contributed by atoms with van der Waals surface area (Å²) in [4.78, 5) is 56.3. The lowest BCUT2D eigenvalue weighted by atomic mass is 9.93. The summed E-state index contributed by atoms with van der Waals surface area (Å²) >= 11 is 6.15. The molecule has 3 amide bonds. The molecule has 0 radical (unpaired) electrons. The number of anilines is 2. The Balaban J connectivity index is 0.726. The number of imide groups is 1. The van der Waals surface area contributed by atoms with E-state index in [-0.39, 0.29) is 47.8 Å². The monoisotopic (exact) mass is 827 g/mol. The number of halogens is 2. The first-order valence-corrected chi connectivity index (χ1v) is 21.0. The number of nitrogens with zero attached hydrogens (tertiary/aromatic N) is 7. The number of nitrogens with one attached hydrogen (secondary N) is 2. The molecule has 17 heteroatoms. The maximum absolute atomic E-state index is 15.5. The number of fused-ring (bicyclic) bond motifs is 2. The minimum Gasteiger partial charge on any atom is -0.490 e. The predicted molar refractivity (Wildman–Crippen MR) is 213 cm³/mol. The van der Waals surface area contributed by atoms with Crippen LogP contribution in [-0.2, 0) is 0 Å². The van der Waals surface area contributed by atoms with Crippen LogP contribution in [0, 0.1) is 29.0 Å². The Hall–Kier alpha value is -4.92. The summed E-state index contributed by atoms with van der Waals surface area (Å²) in [6.45, 7) is 4.48. The van der Waals surface area contributed by atoms with E-state index in [4.69, 9.17) is 21.6 Å². The van der Waals surface area contributed by atoms with Gasteiger partial charge in [-0.15, -0.1) is 0 Å². The lowest BCUT2D eigenvalue weighted by Gasteiger charge is -2.39. The van der Waals surface area contributed by atoms with Crippen molar-refractivity contribution in [2.24, 2.45) is 11.8 Å². The van der Waals surface area contributed by atoms with Crippen LogP contribution < -0.4 is 25.2 Å². The number of amides is 3. The molecule has 2 aromatic carbocycles. The van der Waals surface area contributed by atoms with Gasteiger partial charge in [0.15, 0.2) is 0 Å². The lowest BCUT2D eigenvalue weighted by Crippen LogP contribution is -2.58. The number of nitriles is 1. The van der Waals surface area contributed by atoms with Crippen molar-refractivity contribution in [3.8, 4) is 11.8 Å². The molecule has 3 aromatic rings. The van der Waals surface area contributed by atoms with E-state index >= 15 is 4.39 Å². The summed E-state index contributed by atoms with van der Waals surface area (Å²) in [6.07, 6.45) is 7.03. The number of benzene rings is 2. The topological polar surface area (TPSA) is 187 Å². The number of rotatable bonds is 8. The minimum absolute atomic E-state index is 0.00174. The highest BCUT2D eigenvalue weighted by atomic mass is 35.5. The molecule has 4 N–H and O–H groups in total. The van der Waals surface area contributed by atoms with Crippen molar-refractivity contribution in [1.82, 2.24) is 30.4 Å². The zero-order chi connectivity index (χ0) is 40.9. The number of ether oxygens (including phenoxy) is 1. The third-order valence-electron chi connectivity index (χ3n) is 13.3. The predicted octanol–water partition coefficient (Wildman–Crippen LogP) is 3.28. The Morgan fingerprint density at radius 3 is 2.24 bits per heavy atom. The van der Waals surface area contributed by atoms with E-state index in [2.05, 4.69) is 30.4 Å². The van der Waals surface area contributed by atoms with Crippen LogP contribution in [0.2, 0.25) is 5.02 Å². The number of piperidine rings is 1. The quantitative estimate of drug-likeness (QED) is 0.243. The van der Waals surface area contributed by atoms with E-state index in [1.54, 1.807) is 30.6 Å². The molecule has 2 aliphatic carbocycles. The fourth-order valence-electron chi connectivity index (χ4n) is 10.1. The first kappa shape index (κ1) is 39.5. The van der Waals surface area contributed by atoms with Gasteiger partial charge in [0.05, 0.1) is 57.6 Å². The molecule has 0 bridgehead atoms. The first-order chi connectivity index (χ1) is 28.5. The molecule has 9 rings (SSSR count). The Bertz CT molecular complexity index is 2140. The van der Waals surface area contributed by atoms with Crippen LogP contribution in [0.25, 0.3) is 0 Å². The zero-order valence-corrected chi connectivity index (χ0v) is 33.2. The van der Waals surface area contributed by atoms with Gasteiger partial charge < -0.3 is 30.1 Å². The third kappa shape index (κ3) is 7.82. The van der Waals surface area contributed by atoms with Crippen molar-refractivity contribution in [2.75, 3.05) is 49.1 Å². The number of hydrogen-bond donors (Lipinski definition) is 4. The van der Waals surface area contributed by atoms with Gasteiger partial charge in [-0.3, -0.25) is 29.5 Å². The fourth-order valence-corrected chi connectivity index (χ4v) is 10.3. The Kier molecular flexibility index (Phi) is 10.9. The van der Waals surface area contributed by atoms with E-state index in [0.29, 0.717) is 53.0 Å². The van der Waals surface area contributed by atoms with E-state index in [1.165, 1.54) is 6.07 Å². The highest BCUT2D eigenvalue weighted by Gasteiger charge is 2.46. The van der Waals surface area contributed by atoms with Crippen LogP contribution in [0.5, 0.6) is 5.75 Å². The second-order valence-corrected chi connectivity index (χ2v) is 17.2. The largest absolute Gasteiger partial charge is 0.490 e. The molecule has 310 valence electrons. The SMILES string of the molecule is N#Cc1ccc(O[C@H]2CC[C@H](NC(=O)c3ncc(N4C[C@H]5C[C@@H](N6CCN(c7cc8c(cc7F)C(=O)N(C7CCC(O)NC7O)C8=O)CC6)C[C@H]5C4)cn3)CC2)cc1Cl. The molecule has 3 saturated heterocycles. The average Bonchev–Trinajstić information content (AvgIpc) is 3.89. The van der Waals surface area contributed by atoms with Gasteiger partial charge in [0.2, 0.25) is 5.82 Å². The Labute approximate surface area is 346 Å². The molecule has 3 unspecified atom stereocenters. The molecule has 15 nitrogen and oxygen atoms in total. The molecule has 0 spiro atoms. The maximum Gasteiger partial charge on any atom is 0.289 e. The van der Waals surface area contributed by atoms with Crippen molar-refractivity contribution in [3.05, 3.63) is 76.1 Å². The van der Waals surface area contributed by atoms with Crippen LogP contribution in [0.1, 0.15) is 88.3 Å². The van der Waals surface area contributed by atoms with Gasteiger partial charge in [-0.05, 0) is 87.5 Å². The number of hydrogen-bond acceptors (Lipinski definition) is 13. The van der Waals surface area contributed by atoms with Gasteiger partial charge in [-0.25, -0.2) is 14.4 Å². The summed E-state index contributed by atoms with van der Waals surface area (Å²) in [5.41, 5.74) is 1.75. The van der Waals surface area contributed by atoms with Crippen molar-refractivity contribution in [1.29, 1.82) is 5.26 Å². The van der Waals surface area contributed by atoms with Gasteiger partial charge in [0.1, 0.15) is 30.1 Å². The highest BCUT2D eigenvalue weighted by molar-refractivity contribution is 6.31. The van der Waals surface area contributed by atoms with E-state index in [9.17, 15) is 24.6 Å². The van der Waals surface area contributed by atoms with E-state index in [1.807, 2.05) is 11.0 Å². The van der Waals surface area contributed by atoms with E-state index in [0.717, 1.165) is 81.4 Å². The first-order valence-electron chi connectivity index (χ1n) is 20.6. The van der Waals surface area contributed by atoms with Gasteiger partial charge >= 0.3 is 0 Å². The third-order valence-corrected chi connectivity index (χ3v) is 13.6.